The van der Waals surface area contributed by atoms with Gasteiger partial charge in [0.15, 0.2) is 30.4 Å². The van der Waals surface area contributed by atoms with Crippen LogP contribution in [-0.2, 0) is 47.5 Å². The van der Waals surface area contributed by atoms with Crippen molar-refractivity contribution in [2.45, 2.75) is 139 Å². The molecule has 308 valence electrons. The van der Waals surface area contributed by atoms with E-state index in [1.165, 1.54) is 38.3 Å². The van der Waals surface area contributed by atoms with E-state index in [1.807, 2.05) is 32.8 Å². The summed E-state index contributed by atoms with van der Waals surface area (Å²) in [5, 5.41) is 34.4. The summed E-state index contributed by atoms with van der Waals surface area (Å²) < 4.78 is 49.4. The van der Waals surface area contributed by atoms with Crippen molar-refractivity contribution in [2.75, 3.05) is 21.2 Å². The number of rotatable bonds is 6. The van der Waals surface area contributed by atoms with Gasteiger partial charge in [0.05, 0.1) is 48.3 Å². The largest absolute Gasteiger partial charge is 0.507 e. The van der Waals surface area contributed by atoms with E-state index in [4.69, 9.17) is 37.9 Å². The number of nitrogens with zero attached hydrogens (tertiary/aromatic N) is 1. The third kappa shape index (κ3) is 6.78. The highest BCUT2D eigenvalue weighted by Gasteiger charge is 2.54. The number of carbonyl (C=O) groups is 4. The zero-order valence-corrected chi connectivity index (χ0v) is 32.8. The van der Waals surface area contributed by atoms with Crippen molar-refractivity contribution in [3.8, 4) is 11.5 Å². The lowest BCUT2D eigenvalue weighted by Crippen LogP contribution is -2.62. The maximum atomic E-state index is 13.9. The second-order valence-corrected chi connectivity index (χ2v) is 16.4. The Morgan fingerprint density at radius 2 is 1.60 bits per heavy atom. The van der Waals surface area contributed by atoms with Crippen molar-refractivity contribution in [3.63, 3.8) is 0 Å². The lowest BCUT2D eigenvalue weighted by atomic mass is 9.68. The van der Waals surface area contributed by atoms with Crippen molar-refractivity contribution in [2.24, 2.45) is 0 Å². The predicted molar refractivity (Wildman–Crippen MR) is 195 cm³/mol. The van der Waals surface area contributed by atoms with Crippen molar-refractivity contribution >= 4 is 23.3 Å². The Hall–Kier alpha value is -3.84. The highest BCUT2D eigenvalue weighted by Crippen LogP contribution is 2.53. The topological polar surface area (TPSA) is 206 Å². The fraction of sp³-hybridized carbons (Fsp3) is 0.610. The zero-order chi connectivity index (χ0) is 40.8. The van der Waals surface area contributed by atoms with Crippen LogP contribution in [0, 0.1) is 0 Å². The number of likely N-dealkylation sites (N-methyl/N-ethyl adjacent to an activating group) is 1. The van der Waals surface area contributed by atoms with Gasteiger partial charge in [0.1, 0.15) is 41.8 Å². The van der Waals surface area contributed by atoms with Gasteiger partial charge in [-0.25, -0.2) is 0 Å². The molecule has 3 N–H and O–H groups in total. The molecule has 0 saturated carbocycles. The minimum Gasteiger partial charge on any atom is -0.507 e. The first-order valence-corrected chi connectivity index (χ1v) is 19.4. The molecule has 0 bridgehead atoms. The molecule has 2 aromatic carbocycles. The molecule has 6 aliphatic rings. The number of aliphatic hydroxyl groups is 1. The third-order valence-corrected chi connectivity index (χ3v) is 12.3. The van der Waals surface area contributed by atoms with Gasteiger partial charge in [-0.15, -0.1) is 0 Å². The van der Waals surface area contributed by atoms with Crippen LogP contribution >= 0.6 is 0 Å². The summed E-state index contributed by atoms with van der Waals surface area (Å²) >= 11 is 0. The molecule has 2 aromatic rings. The average Bonchev–Trinajstić information content (AvgIpc) is 3.13. The van der Waals surface area contributed by atoms with Gasteiger partial charge in [-0.3, -0.25) is 19.2 Å². The van der Waals surface area contributed by atoms with Crippen LogP contribution in [0.4, 0.5) is 0 Å². The van der Waals surface area contributed by atoms with E-state index >= 15 is 0 Å². The molecule has 14 atom stereocenters. The number of ketones is 3. The van der Waals surface area contributed by atoms with Gasteiger partial charge in [0.2, 0.25) is 5.78 Å². The number of aromatic hydroxyl groups is 2. The quantitative estimate of drug-likeness (QED) is 0.307. The van der Waals surface area contributed by atoms with Gasteiger partial charge in [-0.2, -0.15) is 0 Å². The van der Waals surface area contributed by atoms with E-state index in [0.717, 1.165) is 0 Å². The number of hydrogen-bond donors (Lipinski definition) is 3. The number of carbonyl (C=O) groups excluding carboxylic acids is 4. The minimum atomic E-state index is -1.79. The Kier molecular flexibility index (Phi) is 10.4. The summed E-state index contributed by atoms with van der Waals surface area (Å²) in [6, 6.07) is 5.14. The Morgan fingerprint density at radius 3 is 2.32 bits per heavy atom. The number of phenols is 2. The van der Waals surface area contributed by atoms with Crippen LogP contribution in [0.5, 0.6) is 11.5 Å². The van der Waals surface area contributed by atoms with Gasteiger partial charge < -0.3 is 58.1 Å². The van der Waals surface area contributed by atoms with E-state index < -0.39 is 108 Å². The monoisotopic (exact) mass is 795 g/mol. The van der Waals surface area contributed by atoms with Crippen LogP contribution in [0.25, 0.3) is 0 Å². The van der Waals surface area contributed by atoms with Crippen LogP contribution in [0.2, 0.25) is 0 Å². The molecule has 4 saturated heterocycles. The normalized spacial score (nSPS) is 38.8. The number of phenolic OH excluding ortho intramolecular Hbond substituents is 2. The molecule has 4 aliphatic heterocycles. The maximum absolute atomic E-state index is 13.9. The number of benzene rings is 2. The van der Waals surface area contributed by atoms with Crippen LogP contribution < -0.4 is 0 Å². The molecular weight excluding hydrogens is 746 g/mol. The first-order chi connectivity index (χ1) is 27.0. The molecule has 4 fully saturated rings. The molecule has 0 spiro atoms. The maximum Gasteiger partial charge on any atom is 0.316 e. The van der Waals surface area contributed by atoms with Gasteiger partial charge in [-0.05, 0) is 59.5 Å². The highest BCUT2D eigenvalue weighted by atomic mass is 16.8. The molecule has 0 unspecified atom stereocenters. The smallest absolute Gasteiger partial charge is 0.316 e. The highest BCUT2D eigenvalue weighted by molar-refractivity contribution is 6.30. The molecule has 4 heterocycles. The van der Waals surface area contributed by atoms with Crippen LogP contribution in [-0.4, -0.2) is 138 Å². The summed E-state index contributed by atoms with van der Waals surface area (Å²) in [7, 11) is 4.96. The van der Waals surface area contributed by atoms with Gasteiger partial charge in [-0.1, -0.05) is 12.1 Å². The SMILES string of the molecule is COC(=O)[C@@H]1c2cc3c(c(O)c2[C@H](O[C@@H]2C[C@@H](N(C)C)[C@@H](O[C@@H]4C[C@H]5O[C@H]6CC(=O)[C@@H](C)O[C@@H]6O[C@H]5[C@@H](C)O4)[C@@H](C)O2)C[C@@]1(C)O)C(=O)c1c(O)cccc1C3=O. The number of fused-ring (bicyclic) bond motifs is 5. The van der Waals surface area contributed by atoms with Gasteiger partial charge in [0.25, 0.3) is 0 Å². The van der Waals surface area contributed by atoms with Gasteiger partial charge in [0, 0.05) is 48.4 Å². The summed E-state index contributed by atoms with van der Waals surface area (Å²) in [5.41, 5.74) is -2.51. The molecule has 0 radical (unpaired) electrons. The van der Waals surface area contributed by atoms with E-state index in [0.29, 0.717) is 6.42 Å². The van der Waals surface area contributed by atoms with Crippen molar-refractivity contribution in [3.05, 3.63) is 57.6 Å². The van der Waals surface area contributed by atoms with E-state index in [-0.39, 0.29) is 64.5 Å². The molecule has 57 heavy (non-hydrogen) atoms. The van der Waals surface area contributed by atoms with Crippen molar-refractivity contribution < 1.29 is 72.4 Å². The second-order valence-electron chi connectivity index (χ2n) is 16.4. The molecule has 8 rings (SSSR count). The molecule has 0 aromatic heterocycles. The summed E-state index contributed by atoms with van der Waals surface area (Å²) in [4.78, 5) is 55.3. The third-order valence-electron chi connectivity index (χ3n) is 12.3. The number of methoxy groups -OCH3 is 1. The van der Waals surface area contributed by atoms with E-state index in [9.17, 15) is 34.5 Å². The Morgan fingerprint density at radius 1 is 0.877 bits per heavy atom. The number of Topliss-reactive ketones (excluding diaryl/α,β-unsaturated/α-hetero) is 1. The Balaban J connectivity index is 1.05. The van der Waals surface area contributed by atoms with Crippen LogP contribution in [0.15, 0.2) is 24.3 Å². The molecule has 2 aliphatic carbocycles. The minimum absolute atomic E-state index is 0.0299. The zero-order valence-electron chi connectivity index (χ0n) is 32.8. The van der Waals surface area contributed by atoms with E-state index in [2.05, 4.69) is 0 Å². The van der Waals surface area contributed by atoms with Crippen LogP contribution in [0.1, 0.15) is 108 Å². The summed E-state index contributed by atoms with van der Waals surface area (Å²) in [5.74, 6) is -4.64. The summed E-state index contributed by atoms with van der Waals surface area (Å²) in [6.07, 6.45) is -6.23. The number of esters is 1. The Bertz CT molecular complexity index is 1980. The first-order valence-electron chi connectivity index (χ1n) is 19.4. The fourth-order valence-corrected chi connectivity index (χ4v) is 9.50. The second kappa shape index (κ2) is 14.8. The lowest BCUT2D eigenvalue weighted by Gasteiger charge is -2.51. The lowest BCUT2D eigenvalue weighted by molar-refractivity contribution is -0.371. The standard InChI is InChI=1S/C41H49NO15/c1-16-24(44)13-26-40(53-16)57-38-18(3)52-29(14-25(38)54-26)56-37-17(2)51-28(12-22(37)42(5)6)55-27-15-41(4,49)33(39(48)50-7)20-11-21-32(36(47)31(20)27)35(46)30-19(34(21)45)9-8-10-23(30)43/h8-11,16-18,22,25-29,33,37-38,40,43,47,49H,12-15H2,1-7H3/t16-,17-,18-,22-,25-,26+,27-,28-,29-,33+,37+,38+,40-,41-/m1/s1. The fourth-order valence-electron chi connectivity index (χ4n) is 9.50. The van der Waals surface area contributed by atoms with Crippen molar-refractivity contribution in [1.29, 1.82) is 0 Å². The average molecular weight is 796 g/mol. The molecule has 16 nitrogen and oxygen atoms in total. The molecule has 16 heteroatoms. The predicted octanol–water partition coefficient (Wildman–Crippen LogP) is 2.78. The summed E-state index contributed by atoms with van der Waals surface area (Å²) in [6.45, 7) is 6.86. The molecular formula is C41H49NO15. The van der Waals surface area contributed by atoms with Gasteiger partial charge >= 0.3 is 5.97 Å². The number of hydrogen-bond acceptors (Lipinski definition) is 16. The van der Waals surface area contributed by atoms with Crippen molar-refractivity contribution in [1.82, 2.24) is 4.90 Å². The Labute approximate surface area is 329 Å². The molecule has 0 amide bonds. The number of ether oxygens (including phenoxy) is 8. The first kappa shape index (κ1) is 40.0. The van der Waals surface area contributed by atoms with E-state index in [1.54, 1.807) is 6.92 Å². The van der Waals surface area contributed by atoms with Crippen LogP contribution in [0.3, 0.4) is 0 Å².